The van der Waals surface area contributed by atoms with Gasteiger partial charge in [0, 0.05) is 35.3 Å². The van der Waals surface area contributed by atoms with Crippen molar-refractivity contribution in [3.63, 3.8) is 0 Å². The van der Waals surface area contributed by atoms with E-state index >= 15 is 0 Å². The van der Waals surface area contributed by atoms with Gasteiger partial charge in [-0.25, -0.2) is 0 Å². The van der Waals surface area contributed by atoms with E-state index in [-0.39, 0.29) is 6.04 Å². The number of nitrogens with zero attached hydrogens (tertiary/aromatic N) is 2. The molecule has 0 radical (unpaired) electrons. The zero-order chi connectivity index (χ0) is 14.9. The van der Waals surface area contributed by atoms with E-state index < -0.39 is 0 Å². The largest absolute Gasteiger partial charge is 0.373 e. The Morgan fingerprint density at radius 1 is 1.30 bits per heavy atom. The standard InChI is InChI=1S/C16H26BrN3/c1-12(18)14-7-6-13(10-15(14)17)20(4)11-16(19(2)3)8-5-9-16/h6-7,10,12H,5,8-9,11,18H2,1-4H3/t12-/m0/s1. The molecule has 1 aromatic carbocycles. The molecule has 112 valence electrons. The van der Waals surface area contributed by atoms with E-state index in [1.165, 1.54) is 24.9 Å². The first-order chi connectivity index (χ1) is 9.35. The molecular weight excluding hydrogens is 314 g/mol. The number of rotatable bonds is 5. The Morgan fingerprint density at radius 3 is 2.35 bits per heavy atom. The van der Waals surface area contributed by atoms with Crippen LogP contribution in [0.25, 0.3) is 0 Å². The van der Waals surface area contributed by atoms with Crippen molar-refractivity contribution >= 4 is 21.6 Å². The Bertz CT molecular complexity index is 467. The fourth-order valence-corrected chi connectivity index (χ4v) is 3.71. The summed E-state index contributed by atoms with van der Waals surface area (Å²) in [6, 6.07) is 6.54. The highest BCUT2D eigenvalue weighted by Gasteiger charge is 2.39. The van der Waals surface area contributed by atoms with Crippen molar-refractivity contribution < 1.29 is 0 Å². The maximum Gasteiger partial charge on any atom is 0.0378 e. The Kier molecular flexibility index (Phi) is 4.77. The molecule has 2 rings (SSSR count). The third kappa shape index (κ3) is 3.02. The van der Waals surface area contributed by atoms with E-state index in [0.717, 1.165) is 16.6 Å². The second-order valence-corrected chi connectivity index (χ2v) is 7.18. The third-order valence-corrected chi connectivity index (χ3v) is 5.37. The Morgan fingerprint density at radius 2 is 1.95 bits per heavy atom. The Labute approximate surface area is 131 Å². The average molecular weight is 340 g/mol. The lowest BCUT2D eigenvalue weighted by Gasteiger charge is -2.49. The van der Waals surface area contributed by atoms with Crippen molar-refractivity contribution in [1.82, 2.24) is 4.90 Å². The van der Waals surface area contributed by atoms with Crippen LogP contribution in [0.15, 0.2) is 22.7 Å². The number of hydrogen-bond donors (Lipinski definition) is 1. The molecule has 1 aliphatic carbocycles. The van der Waals surface area contributed by atoms with Crippen molar-refractivity contribution in [3.05, 3.63) is 28.2 Å². The molecule has 0 saturated heterocycles. The second kappa shape index (κ2) is 6.04. The summed E-state index contributed by atoms with van der Waals surface area (Å²) in [6.07, 6.45) is 3.94. The van der Waals surface area contributed by atoms with E-state index in [1.54, 1.807) is 0 Å². The van der Waals surface area contributed by atoms with Gasteiger partial charge in [0.2, 0.25) is 0 Å². The first kappa shape index (κ1) is 15.8. The zero-order valence-corrected chi connectivity index (χ0v) is 14.6. The van der Waals surface area contributed by atoms with Gasteiger partial charge in [0.1, 0.15) is 0 Å². The molecule has 1 saturated carbocycles. The van der Waals surface area contributed by atoms with E-state index in [2.05, 4.69) is 65.1 Å². The lowest BCUT2D eigenvalue weighted by Crippen LogP contribution is -2.56. The van der Waals surface area contributed by atoms with Crippen LogP contribution in [-0.2, 0) is 0 Å². The highest BCUT2D eigenvalue weighted by atomic mass is 79.9. The van der Waals surface area contributed by atoms with Gasteiger partial charge in [-0.2, -0.15) is 0 Å². The molecule has 0 amide bonds. The molecular formula is C16H26BrN3. The Balaban J connectivity index is 2.13. The van der Waals surface area contributed by atoms with Gasteiger partial charge in [-0.05, 0) is 58.0 Å². The van der Waals surface area contributed by atoms with Crippen LogP contribution in [0, 0.1) is 0 Å². The van der Waals surface area contributed by atoms with Crippen LogP contribution in [0.4, 0.5) is 5.69 Å². The number of likely N-dealkylation sites (N-methyl/N-ethyl adjacent to an activating group) is 2. The van der Waals surface area contributed by atoms with Crippen LogP contribution in [0.3, 0.4) is 0 Å². The fourth-order valence-electron chi connectivity index (χ4n) is 2.99. The topological polar surface area (TPSA) is 32.5 Å². The van der Waals surface area contributed by atoms with Gasteiger partial charge < -0.3 is 15.5 Å². The molecule has 0 aliphatic heterocycles. The van der Waals surface area contributed by atoms with Crippen molar-refractivity contribution in [1.29, 1.82) is 0 Å². The van der Waals surface area contributed by atoms with Crippen molar-refractivity contribution in [2.45, 2.75) is 37.8 Å². The number of hydrogen-bond acceptors (Lipinski definition) is 3. The summed E-state index contributed by atoms with van der Waals surface area (Å²) in [6.45, 7) is 3.09. The molecule has 2 N–H and O–H groups in total. The number of nitrogens with two attached hydrogens (primary N) is 1. The molecule has 0 bridgehead atoms. The maximum atomic E-state index is 5.96. The van der Waals surface area contributed by atoms with Crippen molar-refractivity contribution in [3.8, 4) is 0 Å². The van der Waals surface area contributed by atoms with Gasteiger partial charge in [-0.15, -0.1) is 0 Å². The van der Waals surface area contributed by atoms with Gasteiger partial charge in [0.25, 0.3) is 0 Å². The van der Waals surface area contributed by atoms with Gasteiger partial charge in [-0.1, -0.05) is 22.0 Å². The van der Waals surface area contributed by atoms with Crippen LogP contribution < -0.4 is 10.6 Å². The molecule has 0 aromatic heterocycles. The first-order valence-electron chi connectivity index (χ1n) is 7.29. The highest BCUT2D eigenvalue weighted by molar-refractivity contribution is 9.10. The third-order valence-electron chi connectivity index (χ3n) is 4.68. The summed E-state index contributed by atoms with van der Waals surface area (Å²) in [5.74, 6) is 0. The summed E-state index contributed by atoms with van der Waals surface area (Å²) < 4.78 is 1.10. The summed E-state index contributed by atoms with van der Waals surface area (Å²) in [5.41, 5.74) is 8.72. The minimum absolute atomic E-state index is 0.0588. The van der Waals surface area contributed by atoms with Gasteiger partial charge in [0.15, 0.2) is 0 Å². The van der Waals surface area contributed by atoms with E-state index in [9.17, 15) is 0 Å². The van der Waals surface area contributed by atoms with E-state index in [0.29, 0.717) is 5.54 Å². The molecule has 1 aliphatic rings. The predicted octanol–water partition coefficient (Wildman–Crippen LogP) is 3.39. The van der Waals surface area contributed by atoms with Crippen LogP contribution in [0.5, 0.6) is 0 Å². The molecule has 0 heterocycles. The van der Waals surface area contributed by atoms with Crippen molar-refractivity contribution in [2.24, 2.45) is 5.73 Å². The van der Waals surface area contributed by atoms with Gasteiger partial charge in [-0.3, -0.25) is 0 Å². The number of benzene rings is 1. The van der Waals surface area contributed by atoms with Crippen LogP contribution >= 0.6 is 15.9 Å². The average Bonchev–Trinajstić information content (AvgIpc) is 2.32. The lowest BCUT2D eigenvalue weighted by molar-refractivity contribution is 0.0683. The zero-order valence-electron chi connectivity index (χ0n) is 13.0. The Hall–Kier alpha value is -0.580. The highest BCUT2D eigenvalue weighted by Crippen LogP contribution is 2.38. The normalized spacial score (nSPS) is 18.8. The monoisotopic (exact) mass is 339 g/mol. The maximum absolute atomic E-state index is 5.96. The van der Waals surface area contributed by atoms with Gasteiger partial charge >= 0.3 is 0 Å². The fraction of sp³-hybridized carbons (Fsp3) is 0.625. The minimum Gasteiger partial charge on any atom is -0.373 e. The molecule has 1 atom stereocenters. The van der Waals surface area contributed by atoms with Crippen LogP contribution in [-0.4, -0.2) is 38.1 Å². The predicted molar refractivity (Wildman–Crippen MR) is 90.3 cm³/mol. The first-order valence-corrected chi connectivity index (χ1v) is 8.09. The summed E-state index contributed by atoms with van der Waals surface area (Å²) in [5, 5.41) is 0. The lowest BCUT2D eigenvalue weighted by atomic mass is 9.75. The molecule has 4 heteroatoms. The van der Waals surface area contributed by atoms with Crippen LogP contribution in [0.1, 0.15) is 37.8 Å². The smallest absolute Gasteiger partial charge is 0.0378 e. The summed E-state index contributed by atoms with van der Waals surface area (Å²) >= 11 is 3.64. The molecule has 1 aromatic rings. The quantitative estimate of drug-likeness (QED) is 0.892. The van der Waals surface area contributed by atoms with Gasteiger partial charge in [0.05, 0.1) is 0 Å². The molecule has 20 heavy (non-hydrogen) atoms. The number of halogens is 1. The van der Waals surface area contributed by atoms with E-state index in [4.69, 9.17) is 5.73 Å². The summed E-state index contributed by atoms with van der Waals surface area (Å²) in [7, 11) is 6.57. The summed E-state index contributed by atoms with van der Waals surface area (Å²) in [4.78, 5) is 4.74. The molecule has 1 fully saturated rings. The second-order valence-electron chi connectivity index (χ2n) is 6.32. The van der Waals surface area contributed by atoms with E-state index in [1.807, 2.05) is 6.92 Å². The van der Waals surface area contributed by atoms with Crippen LogP contribution in [0.2, 0.25) is 0 Å². The number of anilines is 1. The van der Waals surface area contributed by atoms with Crippen molar-refractivity contribution in [2.75, 3.05) is 32.6 Å². The SMILES string of the molecule is C[C@H](N)c1ccc(N(C)CC2(N(C)C)CCC2)cc1Br. The minimum atomic E-state index is 0.0588. The molecule has 0 spiro atoms. The molecule has 3 nitrogen and oxygen atoms in total. The molecule has 0 unspecified atom stereocenters.